The van der Waals surface area contributed by atoms with Gasteiger partial charge in [-0.1, -0.05) is 29.8 Å². The maximum Gasteiger partial charge on any atom is 0.0963 e. The van der Waals surface area contributed by atoms with Gasteiger partial charge in [-0.25, -0.2) is 4.68 Å². The topological polar surface area (TPSA) is 41.6 Å². The molecule has 1 aromatic carbocycles. The highest BCUT2D eigenvalue weighted by atomic mass is 35.5. The van der Waals surface area contributed by atoms with Gasteiger partial charge >= 0.3 is 0 Å². The molecule has 19 heavy (non-hydrogen) atoms. The van der Waals surface area contributed by atoms with E-state index in [0.717, 1.165) is 29.1 Å². The Bertz CT molecular complexity index is 705. The zero-order valence-electron chi connectivity index (χ0n) is 10.5. The third-order valence-electron chi connectivity index (χ3n) is 3.39. The Morgan fingerprint density at radius 2 is 2.00 bits per heavy atom. The Morgan fingerprint density at radius 3 is 2.68 bits per heavy atom. The van der Waals surface area contributed by atoms with Crippen molar-refractivity contribution in [3.63, 3.8) is 0 Å². The SMILES string of the molecule is Cc1nn(-c2ccccc2)c2c1C(Cl)=C(C#N)CC2. The van der Waals surface area contributed by atoms with Crippen LogP contribution in [-0.2, 0) is 6.42 Å². The molecule has 1 aromatic heterocycles. The fourth-order valence-corrected chi connectivity index (χ4v) is 2.87. The number of hydrogen-bond donors (Lipinski definition) is 0. The zero-order valence-corrected chi connectivity index (χ0v) is 11.3. The molecule has 0 amide bonds. The minimum atomic E-state index is 0.559. The van der Waals surface area contributed by atoms with Crippen molar-refractivity contribution in [2.24, 2.45) is 0 Å². The van der Waals surface area contributed by atoms with Crippen LogP contribution in [0.5, 0.6) is 0 Å². The van der Waals surface area contributed by atoms with E-state index in [1.807, 2.05) is 41.9 Å². The molecule has 0 bridgehead atoms. The van der Waals surface area contributed by atoms with Crippen LogP contribution in [0.25, 0.3) is 10.7 Å². The molecule has 0 N–H and O–H groups in total. The molecule has 0 spiro atoms. The minimum absolute atomic E-state index is 0.559. The molecule has 0 saturated carbocycles. The molecular formula is C15H12ClN3. The normalized spacial score (nSPS) is 14.2. The molecule has 0 radical (unpaired) electrons. The van der Waals surface area contributed by atoms with Crippen molar-refractivity contribution in [1.82, 2.24) is 9.78 Å². The van der Waals surface area contributed by atoms with Crippen LogP contribution in [0.3, 0.4) is 0 Å². The quantitative estimate of drug-likeness (QED) is 0.794. The second-order valence-electron chi connectivity index (χ2n) is 4.56. The first-order valence-electron chi connectivity index (χ1n) is 6.15. The first kappa shape index (κ1) is 12.0. The summed E-state index contributed by atoms with van der Waals surface area (Å²) in [6, 6.07) is 12.2. The van der Waals surface area contributed by atoms with E-state index < -0.39 is 0 Å². The van der Waals surface area contributed by atoms with Crippen molar-refractivity contribution in [1.29, 1.82) is 5.26 Å². The number of nitriles is 1. The van der Waals surface area contributed by atoms with Crippen LogP contribution in [0.4, 0.5) is 0 Å². The van der Waals surface area contributed by atoms with Gasteiger partial charge in [-0.15, -0.1) is 0 Å². The summed E-state index contributed by atoms with van der Waals surface area (Å²) in [7, 11) is 0. The number of fused-ring (bicyclic) bond motifs is 1. The molecule has 0 fully saturated rings. The maximum absolute atomic E-state index is 9.08. The van der Waals surface area contributed by atoms with E-state index in [4.69, 9.17) is 16.9 Å². The largest absolute Gasteiger partial charge is 0.237 e. The van der Waals surface area contributed by atoms with Crippen LogP contribution in [0.15, 0.2) is 35.9 Å². The van der Waals surface area contributed by atoms with Gasteiger partial charge in [-0.3, -0.25) is 0 Å². The summed E-state index contributed by atoms with van der Waals surface area (Å²) in [5.41, 5.74) is 4.57. The summed E-state index contributed by atoms with van der Waals surface area (Å²) in [6.45, 7) is 1.93. The van der Waals surface area contributed by atoms with Crippen molar-refractivity contribution in [2.75, 3.05) is 0 Å². The predicted molar refractivity (Wildman–Crippen MR) is 75.0 cm³/mol. The number of hydrogen-bond acceptors (Lipinski definition) is 2. The molecule has 0 aliphatic heterocycles. The van der Waals surface area contributed by atoms with Crippen LogP contribution in [-0.4, -0.2) is 9.78 Å². The first-order chi connectivity index (χ1) is 9.22. The maximum atomic E-state index is 9.08. The average Bonchev–Trinajstić information content (AvgIpc) is 2.78. The van der Waals surface area contributed by atoms with Crippen molar-refractivity contribution in [3.8, 4) is 11.8 Å². The Morgan fingerprint density at radius 1 is 1.26 bits per heavy atom. The van der Waals surface area contributed by atoms with Gasteiger partial charge in [-0.05, 0) is 31.9 Å². The van der Waals surface area contributed by atoms with E-state index in [9.17, 15) is 0 Å². The van der Waals surface area contributed by atoms with Crippen LogP contribution in [0, 0.1) is 18.3 Å². The molecule has 0 atom stereocenters. The number of aromatic nitrogens is 2. The van der Waals surface area contributed by atoms with Crippen LogP contribution in [0.1, 0.15) is 23.4 Å². The number of rotatable bonds is 1. The molecule has 0 unspecified atom stereocenters. The first-order valence-corrected chi connectivity index (χ1v) is 6.53. The van der Waals surface area contributed by atoms with Crippen molar-refractivity contribution in [3.05, 3.63) is 52.9 Å². The second-order valence-corrected chi connectivity index (χ2v) is 4.94. The number of benzene rings is 1. The molecule has 1 aliphatic carbocycles. The molecular weight excluding hydrogens is 258 g/mol. The lowest BCUT2D eigenvalue weighted by molar-refractivity contribution is 0.777. The summed E-state index contributed by atoms with van der Waals surface area (Å²) in [5.74, 6) is 0. The monoisotopic (exact) mass is 269 g/mol. The Labute approximate surface area is 116 Å². The Kier molecular flexibility index (Phi) is 2.88. The van der Waals surface area contributed by atoms with E-state index >= 15 is 0 Å². The Hall–Kier alpha value is -2.05. The van der Waals surface area contributed by atoms with Crippen LogP contribution in [0.2, 0.25) is 0 Å². The van der Waals surface area contributed by atoms with E-state index in [1.165, 1.54) is 0 Å². The number of aryl methyl sites for hydroxylation is 1. The fourth-order valence-electron chi connectivity index (χ4n) is 2.48. The molecule has 94 valence electrons. The molecule has 3 nitrogen and oxygen atoms in total. The van der Waals surface area contributed by atoms with Gasteiger partial charge in [0.25, 0.3) is 0 Å². The van der Waals surface area contributed by atoms with E-state index in [1.54, 1.807) is 0 Å². The molecule has 0 saturated heterocycles. The van der Waals surface area contributed by atoms with Gasteiger partial charge in [0.05, 0.1) is 28.2 Å². The van der Waals surface area contributed by atoms with E-state index in [2.05, 4.69) is 11.2 Å². The minimum Gasteiger partial charge on any atom is -0.237 e. The third kappa shape index (κ3) is 1.85. The number of para-hydroxylation sites is 1. The lowest BCUT2D eigenvalue weighted by Crippen LogP contribution is -2.07. The number of halogens is 1. The van der Waals surface area contributed by atoms with Gasteiger partial charge in [-0.2, -0.15) is 10.4 Å². The third-order valence-corrected chi connectivity index (χ3v) is 3.81. The average molecular weight is 270 g/mol. The smallest absolute Gasteiger partial charge is 0.0963 e. The summed E-state index contributed by atoms with van der Waals surface area (Å²) in [6.07, 6.45) is 1.48. The zero-order chi connectivity index (χ0) is 13.4. The summed E-state index contributed by atoms with van der Waals surface area (Å²) in [5, 5.41) is 14.2. The van der Waals surface area contributed by atoms with Gasteiger partial charge < -0.3 is 0 Å². The predicted octanol–water partition coefficient (Wildman–Crippen LogP) is 3.60. The molecule has 2 aromatic rings. The van der Waals surface area contributed by atoms with E-state index in [-0.39, 0.29) is 0 Å². The number of nitrogens with zero attached hydrogens (tertiary/aromatic N) is 3. The fraction of sp³-hybridized carbons (Fsp3) is 0.200. The van der Waals surface area contributed by atoms with Crippen LogP contribution < -0.4 is 0 Å². The van der Waals surface area contributed by atoms with Crippen LogP contribution >= 0.6 is 11.6 Å². The summed E-state index contributed by atoms with van der Waals surface area (Å²) in [4.78, 5) is 0. The molecule has 3 rings (SSSR count). The second kappa shape index (κ2) is 4.56. The number of allylic oxidation sites excluding steroid dienone is 1. The van der Waals surface area contributed by atoms with Crippen molar-refractivity contribution >= 4 is 16.6 Å². The lowest BCUT2D eigenvalue weighted by Gasteiger charge is -2.14. The summed E-state index contributed by atoms with van der Waals surface area (Å²) < 4.78 is 1.93. The van der Waals surface area contributed by atoms with Crippen molar-refractivity contribution < 1.29 is 0 Å². The van der Waals surface area contributed by atoms with Gasteiger partial charge in [0, 0.05) is 11.1 Å². The molecule has 1 aliphatic rings. The molecule has 1 heterocycles. The van der Waals surface area contributed by atoms with Crippen molar-refractivity contribution in [2.45, 2.75) is 19.8 Å². The van der Waals surface area contributed by atoms with Gasteiger partial charge in [0.1, 0.15) is 0 Å². The van der Waals surface area contributed by atoms with Gasteiger partial charge in [0.2, 0.25) is 0 Å². The highest BCUT2D eigenvalue weighted by molar-refractivity contribution is 6.50. The summed E-state index contributed by atoms with van der Waals surface area (Å²) >= 11 is 6.32. The highest BCUT2D eigenvalue weighted by Gasteiger charge is 2.25. The molecule has 4 heteroatoms. The standard InChI is InChI=1S/C15H12ClN3/c1-10-14-13(8-7-11(9-17)15(14)16)19(18-10)12-5-3-2-4-6-12/h2-6H,7-8H2,1H3. The Balaban J connectivity index is 2.22. The highest BCUT2D eigenvalue weighted by Crippen LogP contribution is 2.36. The van der Waals surface area contributed by atoms with E-state index in [0.29, 0.717) is 17.0 Å². The lowest BCUT2D eigenvalue weighted by atomic mass is 9.96. The van der Waals surface area contributed by atoms with Gasteiger partial charge in [0.15, 0.2) is 0 Å².